The number of aromatic nitrogens is 1. The third kappa shape index (κ3) is 3.22. The van der Waals surface area contributed by atoms with E-state index in [-0.39, 0.29) is 18.2 Å². The third-order valence-corrected chi connectivity index (χ3v) is 3.90. The minimum absolute atomic E-state index is 0.143. The van der Waals surface area contributed by atoms with E-state index < -0.39 is 6.10 Å². The maximum Gasteiger partial charge on any atom is 0.267 e. The van der Waals surface area contributed by atoms with Crippen molar-refractivity contribution in [3.05, 3.63) is 48.2 Å². The predicted octanol–water partition coefficient (Wildman–Crippen LogP) is 2.53. The van der Waals surface area contributed by atoms with Crippen molar-refractivity contribution in [1.29, 1.82) is 0 Å². The zero-order chi connectivity index (χ0) is 17.1. The van der Waals surface area contributed by atoms with Gasteiger partial charge in [-0.3, -0.25) is 9.59 Å². The molecule has 1 aliphatic heterocycles. The van der Waals surface area contributed by atoms with Crippen molar-refractivity contribution < 1.29 is 14.3 Å². The van der Waals surface area contributed by atoms with E-state index in [9.17, 15) is 9.59 Å². The van der Waals surface area contributed by atoms with Crippen molar-refractivity contribution >= 4 is 23.3 Å². The summed E-state index contributed by atoms with van der Waals surface area (Å²) in [5, 5.41) is 2.78. The Labute approximate surface area is 140 Å². The van der Waals surface area contributed by atoms with Crippen LogP contribution in [0.1, 0.15) is 18.9 Å². The van der Waals surface area contributed by atoms with Crippen molar-refractivity contribution in [3.63, 3.8) is 0 Å². The van der Waals surface area contributed by atoms with E-state index in [2.05, 4.69) is 10.3 Å². The lowest BCUT2D eigenvalue weighted by atomic mass is 10.1. The van der Waals surface area contributed by atoms with Crippen LogP contribution in [0.25, 0.3) is 0 Å². The molecule has 1 unspecified atom stereocenters. The first-order valence-corrected chi connectivity index (χ1v) is 7.85. The lowest BCUT2D eigenvalue weighted by Crippen LogP contribution is -2.45. The van der Waals surface area contributed by atoms with Crippen molar-refractivity contribution in [2.24, 2.45) is 0 Å². The van der Waals surface area contributed by atoms with Crippen molar-refractivity contribution in [1.82, 2.24) is 4.98 Å². The molecule has 0 radical (unpaired) electrons. The Hall–Kier alpha value is -2.89. The van der Waals surface area contributed by atoms with Crippen LogP contribution in [0.4, 0.5) is 11.5 Å². The zero-order valence-electron chi connectivity index (χ0n) is 13.7. The van der Waals surface area contributed by atoms with Crippen molar-refractivity contribution in [2.45, 2.75) is 26.4 Å². The number of benzene rings is 1. The highest BCUT2D eigenvalue weighted by Gasteiger charge is 2.31. The van der Waals surface area contributed by atoms with E-state index in [1.807, 2.05) is 43.3 Å². The highest BCUT2D eigenvalue weighted by Crippen LogP contribution is 2.33. The largest absolute Gasteiger partial charge is 0.479 e. The van der Waals surface area contributed by atoms with Gasteiger partial charge < -0.3 is 15.0 Å². The summed E-state index contributed by atoms with van der Waals surface area (Å²) >= 11 is 0. The summed E-state index contributed by atoms with van der Waals surface area (Å²) in [6.07, 6.45) is 1.26. The molecule has 1 aromatic heterocycles. The second kappa shape index (κ2) is 6.70. The Bertz CT molecular complexity index is 776. The summed E-state index contributed by atoms with van der Waals surface area (Å²) in [6, 6.07) is 11.0. The molecular weight excluding hydrogens is 306 g/mol. The average molecular weight is 325 g/mol. The normalized spacial score (nSPS) is 16.3. The Morgan fingerprint density at radius 1 is 1.29 bits per heavy atom. The number of carbonyl (C=O) groups is 2. The van der Waals surface area contributed by atoms with Gasteiger partial charge >= 0.3 is 0 Å². The topological polar surface area (TPSA) is 71.5 Å². The molecule has 2 aromatic rings. The highest BCUT2D eigenvalue weighted by atomic mass is 16.5. The first-order valence-electron chi connectivity index (χ1n) is 7.85. The Morgan fingerprint density at radius 3 is 2.88 bits per heavy atom. The van der Waals surface area contributed by atoms with Crippen LogP contribution >= 0.6 is 0 Å². The first kappa shape index (κ1) is 16.0. The summed E-state index contributed by atoms with van der Waals surface area (Å²) < 4.78 is 5.59. The standard InChI is InChI=1S/C18H19N3O3/c1-12-6-5-10-19-17(12)20-16(22)9-11-21-14-7-3-4-8-15(14)24-13(2)18(21)23/h3-8,10,13H,9,11H2,1-2H3,(H,19,20,22). The molecule has 6 nitrogen and oxygen atoms in total. The van der Waals surface area contributed by atoms with Crippen LogP contribution in [0.3, 0.4) is 0 Å². The number of nitrogens with one attached hydrogen (secondary N) is 1. The number of hydrogen-bond acceptors (Lipinski definition) is 4. The summed E-state index contributed by atoms with van der Waals surface area (Å²) in [4.78, 5) is 30.3. The number of pyridine rings is 1. The van der Waals surface area contributed by atoms with Crippen LogP contribution in [-0.2, 0) is 9.59 Å². The molecule has 0 saturated heterocycles. The van der Waals surface area contributed by atoms with Crippen LogP contribution < -0.4 is 15.0 Å². The second-order valence-corrected chi connectivity index (χ2v) is 5.68. The number of hydrogen-bond donors (Lipinski definition) is 1. The minimum atomic E-state index is -0.555. The fourth-order valence-electron chi connectivity index (χ4n) is 2.61. The maximum atomic E-state index is 12.4. The molecule has 0 spiro atoms. The van der Waals surface area contributed by atoms with Crippen LogP contribution in [-0.4, -0.2) is 29.4 Å². The number of amides is 2. The van der Waals surface area contributed by atoms with Crippen molar-refractivity contribution in [2.75, 3.05) is 16.8 Å². The summed E-state index contributed by atoms with van der Waals surface area (Å²) in [7, 11) is 0. The van der Waals surface area contributed by atoms with Gasteiger partial charge in [-0.1, -0.05) is 18.2 Å². The molecule has 3 rings (SSSR count). The zero-order valence-corrected chi connectivity index (χ0v) is 13.7. The SMILES string of the molecule is Cc1cccnc1NC(=O)CCN1C(=O)C(C)Oc2ccccc21. The second-order valence-electron chi connectivity index (χ2n) is 5.68. The molecule has 6 heteroatoms. The summed E-state index contributed by atoms with van der Waals surface area (Å²) in [5.41, 5.74) is 1.59. The van der Waals surface area contributed by atoms with E-state index in [1.165, 1.54) is 0 Å². The van der Waals surface area contributed by atoms with E-state index in [1.54, 1.807) is 18.0 Å². The van der Waals surface area contributed by atoms with Crippen LogP contribution in [0.5, 0.6) is 5.75 Å². The van der Waals surface area contributed by atoms with E-state index in [0.29, 0.717) is 23.8 Å². The van der Waals surface area contributed by atoms with Gasteiger partial charge in [-0.25, -0.2) is 4.98 Å². The quantitative estimate of drug-likeness (QED) is 0.937. The van der Waals surface area contributed by atoms with Gasteiger partial charge in [-0.05, 0) is 37.6 Å². The van der Waals surface area contributed by atoms with Gasteiger partial charge in [0.1, 0.15) is 11.6 Å². The van der Waals surface area contributed by atoms with Gasteiger partial charge in [0, 0.05) is 19.2 Å². The smallest absolute Gasteiger partial charge is 0.267 e. The number of aryl methyl sites for hydroxylation is 1. The number of nitrogens with zero attached hydrogens (tertiary/aromatic N) is 2. The molecule has 0 bridgehead atoms. The molecule has 2 heterocycles. The number of anilines is 2. The van der Waals surface area contributed by atoms with Crippen molar-refractivity contribution in [3.8, 4) is 5.75 Å². The lowest BCUT2D eigenvalue weighted by Gasteiger charge is -2.32. The fraction of sp³-hybridized carbons (Fsp3) is 0.278. The maximum absolute atomic E-state index is 12.4. The molecule has 2 amide bonds. The number of carbonyl (C=O) groups excluding carboxylic acids is 2. The first-order chi connectivity index (χ1) is 11.6. The Balaban J connectivity index is 1.68. The van der Waals surface area contributed by atoms with Gasteiger partial charge in [0.05, 0.1) is 5.69 Å². The monoisotopic (exact) mass is 325 g/mol. The number of para-hydroxylation sites is 2. The molecule has 1 N–H and O–H groups in total. The van der Waals surface area contributed by atoms with Crippen LogP contribution in [0.2, 0.25) is 0 Å². The van der Waals surface area contributed by atoms with Gasteiger partial charge in [-0.15, -0.1) is 0 Å². The fourth-order valence-corrected chi connectivity index (χ4v) is 2.61. The molecular formula is C18H19N3O3. The van der Waals surface area contributed by atoms with E-state index in [0.717, 1.165) is 5.56 Å². The number of rotatable bonds is 4. The Kier molecular flexibility index (Phi) is 4.46. The van der Waals surface area contributed by atoms with Gasteiger partial charge in [0.15, 0.2) is 6.10 Å². The molecule has 0 aliphatic carbocycles. The average Bonchev–Trinajstić information content (AvgIpc) is 2.57. The third-order valence-electron chi connectivity index (χ3n) is 3.90. The molecule has 1 aromatic carbocycles. The molecule has 0 fully saturated rings. The molecule has 1 aliphatic rings. The molecule has 0 saturated carbocycles. The van der Waals surface area contributed by atoms with Crippen LogP contribution in [0, 0.1) is 6.92 Å². The summed E-state index contributed by atoms with van der Waals surface area (Å²) in [5.74, 6) is 0.881. The van der Waals surface area contributed by atoms with Gasteiger partial charge in [-0.2, -0.15) is 0 Å². The molecule has 1 atom stereocenters. The predicted molar refractivity (Wildman–Crippen MR) is 91.1 cm³/mol. The van der Waals surface area contributed by atoms with E-state index >= 15 is 0 Å². The van der Waals surface area contributed by atoms with Crippen LogP contribution in [0.15, 0.2) is 42.6 Å². The van der Waals surface area contributed by atoms with Gasteiger partial charge in [0.25, 0.3) is 5.91 Å². The minimum Gasteiger partial charge on any atom is -0.479 e. The molecule has 124 valence electrons. The lowest BCUT2D eigenvalue weighted by molar-refractivity contribution is -0.125. The summed E-state index contributed by atoms with van der Waals surface area (Å²) in [6.45, 7) is 3.88. The molecule has 24 heavy (non-hydrogen) atoms. The Morgan fingerprint density at radius 2 is 2.08 bits per heavy atom. The van der Waals surface area contributed by atoms with Gasteiger partial charge in [0.2, 0.25) is 5.91 Å². The van der Waals surface area contributed by atoms with E-state index in [4.69, 9.17) is 4.74 Å². The highest BCUT2D eigenvalue weighted by molar-refractivity contribution is 6.00. The number of ether oxygens (including phenoxy) is 1. The number of fused-ring (bicyclic) bond motifs is 1.